The van der Waals surface area contributed by atoms with Gasteiger partial charge in [-0.25, -0.2) is 23.5 Å². The van der Waals surface area contributed by atoms with Gasteiger partial charge in [-0.15, -0.1) is 0 Å². The second-order valence-corrected chi connectivity index (χ2v) is 11.7. The van der Waals surface area contributed by atoms with Gasteiger partial charge in [-0.3, -0.25) is 9.59 Å². The fraction of sp³-hybridized carbons (Fsp3) is 0.324. The number of likely N-dealkylation sites (tertiary alicyclic amines) is 1. The van der Waals surface area contributed by atoms with Gasteiger partial charge in [0.25, 0.3) is 0 Å². The van der Waals surface area contributed by atoms with Crippen molar-refractivity contribution in [2.75, 3.05) is 69.6 Å². The van der Waals surface area contributed by atoms with Crippen LogP contribution >= 0.6 is 0 Å². The minimum atomic E-state index is -0.571. The Morgan fingerprint density at radius 1 is 0.788 bits per heavy atom. The molecule has 0 spiro atoms. The SMILES string of the molecule is COC(=O)N1CC[C@@H](Nc2ncc(C(=O)c3cc(F)ccc3OC)c(N)n2)C1.COc1ccc(F)cc1C(=O)c1cnc(N[C@@H]2CCNC2)nc1N. The van der Waals surface area contributed by atoms with E-state index in [9.17, 15) is 23.2 Å². The molecule has 274 valence electrons. The first-order valence-electron chi connectivity index (χ1n) is 16.1. The molecule has 6 rings (SSSR count). The maximum absolute atomic E-state index is 13.5. The zero-order valence-corrected chi connectivity index (χ0v) is 28.6. The van der Waals surface area contributed by atoms with Crippen molar-refractivity contribution < 1.29 is 37.4 Å². The predicted molar refractivity (Wildman–Crippen MR) is 187 cm³/mol. The zero-order chi connectivity index (χ0) is 37.4. The minimum Gasteiger partial charge on any atom is -0.496 e. The van der Waals surface area contributed by atoms with Crippen LogP contribution < -0.4 is 36.9 Å². The first-order valence-corrected chi connectivity index (χ1v) is 16.1. The summed E-state index contributed by atoms with van der Waals surface area (Å²) in [6.45, 7) is 2.75. The van der Waals surface area contributed by atoms with E-state index < -0.39 is 29.3 Å². The lowest BCUT2D eigenvalue weighted by Gasteiger charge is -2.16. The van der Waals surface area contributed by atoms with Crippen LogP contribution in [-0.2, 0) is 4.74 Å². The van der Waals surface area contributed by atoms with Gasteiger partial charge in [0.2, 0.25) is 23.5 Å². The molecule has 0 bridgehead atoms. The Labute approximate surface area is 297 Å². The summed E-state index contributed by atoms with van der Waals surface area (Å²) in [5, 5.41) is 9.46. The van der Waals surface area contributed by atoms with Gasteiger partial charge in [-0.2, -0.15) is 9.97 Å². The minimum absolute atomic E-state index is 0.0306. The highest BCUT2D eigenvalue weighted by Crippen LogP contribution is 2.26. The number of hydrogen-bond acceptors (Lipinski definition) is 15. The summed E-state index contributed by atoms with van der Waals surface area (Å²) in [5.74, 6) is -1.06. The Bertz CT molecular complexity index is 1950. The van der Waals surface area contributed by atoms with Crippen molar-refractivity contribution in [3.63, 3.8) is 0 Å². The molecule has 2 aliphatic heterocycles. The fourth-order valence-corrected chi connectivity index (χ4v) is 5.60. The third-order valence-electron chi connectivity index (χ3n) is 8.29. The number of nitrogens with one attached hydrogen (secondary N) is 3. The summed E-state index contributed by atoms with van der Waals surface area (Å²) < 4.78 is 41.9. The molecule has 2 saturated heterocycles. The number of amides is 1. The summed E-state index contributed by atoms with van der Waals surface area (Å²) >= 11 is 0. The molecule has 0 aliphatic carbocycles. The number of methoxy groups -OCH3 is 3. The number of ether oxygens (including phenoxy) is 3. The summed E-state index contributed by atoms with van der Waals surface area (Å²) in [7, 11) is 4.12. The highest BCUT2D eigenvalue weighted by atomic mass is 19.1. The number of benzene rings is 2. The molecule has 18 heteroatoms. The van der Waals surface area contributed by atoms with E-state index >= 15 is 0 Å². The smallest absolute Gasteiger partial charge is 0.409 e. The molecular formula is C34H38F2N10O6. The lowest BCUT2D eigenvalue weighted by molar-refractivity contribution is 0.102. The van der Waals surface area contributed by atoms with Crippen molar-refractivity contribution in [1.29, 1.82) is 0 Å². The van der Waals surface area contributed by atoms with Crippen molar-refractivity contribution in [3.05, 3.63) is 82.7 Å². The number of carbonyl (C=O) groups excluding carboxylic acids is 3. The van der Waals surface area contributed by atoms with Gasteiger partial charge in [0.1, 0.15) is 34.8 Å². The molecule has 7 N–H and O–H groups in total. The van der Waals surface area contributed by atoms with Crippen LogP contribution in [0.5, 0.6) is 11.5 Å². The second kappa shape index (κ2) is 16.7. The molecular weight excluding hydrogens is 682 g/mol. The first-order chi connectivity index (χ1) is 25.0. The highest BCUT2D eigenvalue weighted by molar-refractivity contribution is 6.13. The second-order valence-electron chi connectivity index (χ2n) is 11.7. The quantitative estimate of drug-likeness (QED) is 0.149. The average molecular weight is 721 g/mol. The molecule has 1 amide bonds. The van der Waals surface area contributed by atoms with Crippen molar-refractivity contribution >= 4 is 41.2 Å². The van der Waals surface area contributed by atoms with Crippen LogP contribution in [-0.4, -0.2) is 102 Å². The van der Waals surface area contributed by atoms with Gasteiger partial charge >= 0.3 is 6.09 Å². The number of nitrogens with two attached hydrogens (primary N) is 2. The third kappa shape index (κ3) is 8.76. The number of rotatable bonds is 10. The van der Waals surface area contributed by atoms with Crippen molar-refractivity contribution in [1.82, 2.24) is 30.2 Å². The topological polar surface area (TPSA) is 222 Å². The van der Waals surface area contributed by atoms with Crippen molar-refractivity contribution in [2.24, 2.45) is 0 Å². The van der Waals surface area contributed by atoms with E-state index in [0.29, 0.717) is 25.5 Å². The van der Waals surface area contributed by atoms with Crippen LogP contribution in [0.4, 0.5) is 37.1 Å². The van der Waals surface area contributed by atoms with Crippen LogP contribution in [0.25, 0.3) is 0 Å². The van der Waals surface area contributed by atoms with Gasteiger partial charge in [0.05, 0.1) is 43.6 Å². The van der Waals surface area contributed by atoms with E-state index in [-0.39, 0.29) is 63.4 Å². The van der Waals surface area contributed by atoms with Gasteiger partial charge in [-0.05, 0) is 55.8 Å². The van der Waals surface area contributed by atoms with Crippen LogP contribution in [0.2, 0.25) is 0 Å². The largest absolute Gasteiger partial charge is 0.496 e. The van der Waals surface area contributed by atoms with Crippen LogP contribution in [0, 0.1) is 11.6 Å². The number of carbonyl (C=O) groups is 3. The summed E-state index contributed by atoms with van der Waals surface area (Å²) in [5.41, 5.74) is 12.1. The molecule has 2 atom stereocenters. The van der Waals surface area contributed by atoms with Gasteiger partial charge < -0.3 is 46.5 Å². The molecule has 2 fully saturated rings. The Morgan fingerprint density at radius 3 is 1.75 bits per heavy atom. The van der Waals surface area contributed by atoms with E-state index in [1.165, 1.54) is 58.0 Å². The number of nitrogen functional groups attached to an aromatic ring is 2. The number of anilines is 4. The van der Waals surface area contributed by atoms with Crippen LogP contribution in [0.1, 0.15) is 44.7 Å². The Balaban J connectivity index is 0.000000203. The van der Waals surface area contributed by atoms with Gasteiger partial charge in [0, 0.05) is 44.1 Å². The summed E-state index contributed by atoms with van der Waals surface area (Å²) in [6, 6.07) is 7.52. The highest BCUT2D eigenvalue weighted by Gasteiger charge is 2.28. The molecule has 4 aromatic rings. The van der Waals surface area contributed by atoms with E-state index in [1.54, 1.807) is 4.90 Å². The summed E-state index contributed by atoms with van der Waals surface area (Å²) in [4.78, 5) is 55.0. The normalized spacial score (nSPS) is 16.4. The van der Waals surface area contributed by atoms with Gasteiger partial charge in [0.15, 0.2) is 0 Å². The number of aromatic nitrogens is 4. The average Bonchev–Trinajstić information content (AvgIpc) is 3.84. The third-order valence-corrected chi connectivity index (χ3v) is 8.29. The van der Waals surface area contributed by atoms with E-state index in [1.807, 2.05) is 0 Å². The maximum atomic E-state index is 13.5. The van der Waals surface area contributed by atoms with Gasteiger partial charge in [-0.1, -0.05) is 0 Å². The Morgan fingerprint density at radius 2 is 1.31 bits per heavy atom. The monoisotopic (exact) mass is 720 g/mol. The predicted octanol–water partition coefficient (Wildman–Crippen LogP) is 2.90. The Hall–Kier alpha value is -6.17. The van der Waals surface area contributed by atoms with E-state index in [2.05, 4.69) is 35.9 Å². The van der Waals surface area contributed by atoms with E-state index in [4.69, 9.17) is 25.7 Å². The number of hydrogen-bond donors (Lipinski definition) is 5. The molecule has 16 nitrogen and oxygen atoms in total. The molecule has 0 radical (unpaired) electrons. The first kappa shape index (κ1) is 37.1. The number of nitrogens with zero attached hydrogens (tertiary/aromatic N) is 5. The van der Waals surface area contributed by atoms with Crippen molar-refractivity contribution in [3.8, 4) is 11.5 Å². The molecule has 4 heterocycles. The lowest BCUT2D eigenvalue weighted by Crippen LogP contribution is -2.31. The molecule has 0 unspecified atom stereocenters. The summed E-state index contributed by atoms with van der Waals surface area (Å²) in [6.07, 6.45) is 3.89. The lowest BCUT2D eigenvalue weighted by atomic mass is 10.0. The van der Waals surface area contributed by atoms with E-state index in [0.717, 1.165) is 31.6 Å². The Kier molecular flexibility index (Phi) is 11.9. The standard InChI is InChI=1S/C18H20FN5O4.C16H18FN5O2/c1-27-14-4-3-10(19)7-12(14)15(25)13-8-21-17(23-16(13)20)22-11-5-6-24(9-11)18(26)28-2;1-24-13-3-2-9(17)6-11(13)14(23)12-8-20-16(22-15(12)18)21-10-4-5-19-7-10/h3-4,7-8,11H,5-6,9H2,1-2H3,(H3,20,21,22,23);2-3,6,8,10,19H,4-5,7H2,1H3,(H3,18,20,21,22)/t11-;10-/m11/s1. The number of halogens is 2. The molecule has 2 aliphatic rings. The number of ketones is 2. The molecule has 52 heavy (non-hydrogen) atoms. The zero-order valence-electron chi connectivity index (χ0n) is 28.6. The molecule has 2 aromatic heterocycles. The van der Waals surface area contributed by atoms with Crippen LogP contribution in [0.3, 0.4) is 0 Å². The maximum Gasteiger partial charge on any atom is 0.409 e. The molecule has 2 aromatic carbocycles. The van der Waals surface area contributed by atoms with Crippen LogP contribution in [0.15, 0.2) is 48.8 Å². The molecule has 0 saturated carbocycles. The fourth-order valence-electron chi connectivity index (χ4n) is 5.60. The van der Waals surface area contributed by atoms with Crippen molar-refractivity contribution in [2.45, 2.75) is 24.9 Å².